The third-order valence-corrected chi connectivity index (χ3v) is 4.54. The average molecular weight is 418 g/mol. The number of hydrogen-bond acceptors (Lipinski definition) is 6. The molecule has 150 valence electrons. The van der Waals surface area contributed by atoms with Crippen molar-refractivity contribution in [2.24, 2.45) is 5.92 Å². The summed E-state index contributed by atoms with van der Waals surface area (Å²) in [6.07, 6.45) is -0.0969. The van der Waals surface area contributed by atoms with Gasteiger partial charge in [-0.05, 0) is 30.3 Å². The van der Waals surface area contributed by atoms with Crippen LogP contribution >= 0.6 is 11.6 Å². The van der Waals surface area contributed by atoms with Gasteiger partial charge in [0.1, 0.15) is 0 Å². The first-order valence-corrected chi connectivity index (χ1v) is 8.98. The summed E-state index contributed by atoms with van der Waals surface area (Å²) in [5, 5.41) is 14.0. The molecule has 1 N–H and O–H groups in total. The zero-order valence-electron chi connectivity index (χ0n) is 15.0. The molecule has 1 atom stereocenters. The molecular formula is C19H16ClN3O6. The number of halogens is 1. The van der Waals surface area contributed by atoms with Gasteiger partial charge in [0.2, 0.25) is 5.91 Å². The van der Waals surface area contributed by atoms with Gasteiger partial charge in [-0.2, -0.15) is 0 Å². The lowest BCUT2D eigenvalue weighted by molar-refractivity contribution is -0.384. The van der Waals surface area contributed by atoms with Gasteiger partial charge in [0.15, 0.2) is 6.61 Å². The molecule has 0 unspecified atom stereocenters. The molecule has 1 aliphatic rings. The quantitative estimate of drug-likeness (QED) is 0.438. The van der Waals surface area contributed by atoms with Gasteiger partial charge >= 0.3 is 5.97 Å². The number of nitrogens with zero attached hydrogens (tertiary/aromatic N) is 2. The van der Waals surface area contributed by atoms with Gasteiger partial charge in [0.25, 0.3) is 11.6 Å². The van der Waals surface area contributed by atoms with Crippen molar-refractivity contribution in [3.8, 4) is 0 Å². The van der Waals surface area contributed by atoms with E-state index in [1.54, 1.807) is 30.3 Å². The van der Waals surface area contributed by atoms with Crippen molar-refractivity contribution in [2.45, 2.75) is 6.42 Å². The molecule has 2 aromatic rings. The maximum absolute atomic E-state index is 12.2. The van der Waals surface area contributed by atoms with Crippen LogP contribution in [0.15, 0.2) is 48.5 Å². The Morgan fingerprint density at radius 1 is 1.24 bits per heavy atom. The summed E-state index contributed by atoms with van der Waals surface area (Å²) in [5.74, 6) is -2.32. The van der Waals surface area contributed by atoms with Gasteiger partial charge in [-0.1, -0.05) is 17.7 Å². The number of benzene rings is 2. The molecule has 0 saturated carbocycles. The molecule has 2 aromatic carbocycles. The highest BCUT2D eigenvalue weighted by molar-refractivity contribution is 6.30. The number of ether oxygens (including phenoxy) is 1. The summed E-state index contributed by atoms with van der Waals surface area (Å²) in [4.78, 5) is 48.0. The number of hydrogen-bond donors (Lipinski definition) is 1. The van der Waals surface area contributed by atoms with E-state index in [4.69, 9.17) is 16.3 Å². The zero-order chi connectivity index (χ0) is 21.0. The van der Waals surface area contributed by atoms with Gasteiger partial charge in [-0.25, -0.2) is 0 Å². The SMILES string of the molecule is O=C(COC(=O)[C@@H]1CC(=O)N(c2cccc([N+](=O)[O-])c2)C1)Nc1ccc(Cl)cc1. The number of nitro benzene ring substituents is 1. The first-order chi connectivity index (χ1) is 13.8. The van der Waals surface area contributed by atoms with E-state index >= 15 is 0 Å². The number of esters is 1. The first kappa shape index (κ1) is 20.3. The Hall–Kier alpha value is -3.46. The Bertz CT molecular complexity index is 963. The van der Waals surface area contributed by atoms with Crippen LogP contribution in [0.4, 0.5) is 17.1 Å². The smallest absolute Gasteiger partial charge is 0.311 e. The molecule has 10 heteroatoms. The van der Waals surface area contributed by atoms with E-state index < -0.39 is 29.3 Å². The molecular weight excluding hydrogens is 402 g/mol. The summed E-state index contributed by atoms with van der Waals surface area (Å²) in [6, 6.07) is 12.0. The molecule has 29 heavy (non-hydrogen) atoms. The maximum atomic E-state index is 12.2. The van der Waals surface area contributed by atoms with Crippen molar-refractivity contribution in [3.05, 3.63) is 63.7 Å². The monoisotopic (exact) mass is 417 g/mol. The number of nitro groups is 1. The fourth-order valence-corrected chi connectivity index (χ4v) is 3.00. The van der Waals surface area contributed by atoms with Crippen molar-refractivity contribution in [1.82, 2.24) is 0 Å². The van der Waals surface area contributed by atoms with Crippen LogP contribution in [0.1, 0.15) is 6.42 Å². The summed E-state index contributed by atoms with van der Waals surface area (Å²) in [6.45, 7) is -0.472. The van der Waals surface area contributed by atoms with Crippen molar-refractivity contribution in [3.63, 3.8) is 0 Å². The summed E-state index contributed by atoms with van der Waals surface area (Å²) < 4.78 is 5.01. The van der Waals surface area contributed by atoms with E-state index in [-0.39, 0.29) is 24.6 Å². The number of anilines is 2. The van der Waals surface area contributed by atoms with Crippen LogP contribution < -0.4 is 10.2 Å². The number of nitrogens with one attached hydrogen (secondary N) is 1. The van der Waals surface area contributed by atoms with Gasteiger partial charge in [-0.15, -0.1) is 0 Å². The largest absolute Gasteiger partial charge is 0.455 e. The van der Waals surface area contributed by atoms with Crippen molar-refractivity contribution in [2.75, 3.05) is 23.4 Å². The molecule has 0 bridgehead atoms. The zero-order valence-corrected chi connectivity index (χ0v) is 15.8. The average Bonchev–Trinajstić information content (AvgIpc) is 3.10. The Labute approximate surface area is 170 Å². The third kappa shape index (κ3) is 5.08. The van der Waals surface area contributed by atoms with Crippen LogP contribution in [0.2, 0.25) is 5.02 Å². The minimum atomic E-state index is -0.759. The highest BCUT2D eigenvalue weighted by Crippen LogP contribution is 2.28. The van der Waals surface area contributed by atoms with Crippen molar-refractivity contribution >= 4 is 46.4 Å². The van der Waals surface area contributed by atoms with E-state index in [2.05, 4.69) is 5.32 Å². The Kier molecular flexibility index (Phi) is 6.08. The molecule has 3 rings (SSSR count). The van der Waals surface area contributed by atoms with Crippen LogP contribution in [0.5, 0.6) is 0 Å². The fraction of sp³-hybridized carbons (Fsp3) is 0.211. The van der Waals surface area contributed by atoms with Crippen molar-refractivity contribution in [1.29, 1.82) is 0 Å². The second-order valence-electron chi connectivity index (χ2n) is 6.35. The first-order valence-electron chi connectivity index (χ1n) is 8.60. The molecule has 1 aliphatic heterocycles. The summed E-state index contributed by atoms with van der Waals surface area (Å²) in [5.41, 5.74) is 0.684. The summed E-state index contributed by atoms with van der Waals surface area (Å²) >= 11 is 5.77. The highest BCUT2D eigenvalue weighted by Gasteiger charge is 2.36. The van der Waals surface area contributed by atoms with E-state index in [1.165, 1.54) is 23.1 Å². The van der Waals surface area contributed by atoms with Gasteiger partial charge in [0.05, 0.1) is 16.5 Å². The second kappa shape index (κ2) is 8.70. The van der Waals surface area contributed by atoms with Crippen LogP contribution in [0.3, 0.4) is 0 Å². The third-order valence-electron chi connectivity index (χ3n) is 4.28. The van der Waals surface area contributed by atoms with E-state index in [0.717, 1.165) is 0 Å². The lowest BCUT2D eigenvalue weighted by atomic mass is 10.1. The Balaban J connectivity index is 1.55. The van der Waals surface area contributed by atoms with E-state index in [0.29, 0.717) is 16.4 Å². The van der Waals surface area contributed by atoms with E-state index in [1.807, 2.05) is 0 Å². The highest BCUT2D eigenvalue weighted by atomic mass is 35.5. The molecule has 1 fully saturated rings. The normalized spacial score (nSPS) is 15.8. The molecule has 0 radical (unpaired) electrons. The van der Waals surface area contributed by atoms with Crippen LogP contribution in [0, 0.1) is 16.0 Å². The van der Waals surface area contributed by atoms with Crippen molar-refractivity contribution < 1.29 is 24.0 Å². The molecule has 0 spiro atoms. The fourth-order valence-electron chi connectivity index (χ4n) is 2.87. The van der Waals surface area contributed by atoms with Gasteiger partial charge in [0, 0.05) is 35.8 Å². The predicted octanol–water partition coefficient (Wildman–Crippen LogP) is 2.78. The topological polar surface area (TPSA) is 119 Å². The second-order valence-corrected chi connectivity index (χ2v) is 6.78. The number of carbonyl (C=O) groups is 3. The lowest BCUT2D eigenvalue weighted by Gasteiger charge is -2.16. The predicted molar refractivity (Wildman–Crippen MR) is 105 cm³/mol. The number of carbonyl (C=O) groups excluding carboxylic acids is 3. The minimum absolute atomic E-state index is 0.0254. The molecule has 9 nitrogen and oxygen atoms in total. The van der Waals surface area contributed by atoms with Gasteiger partial charge in [-0.3, -0.25) is 24.5 Å². The van der Waals surface area contributed by atoms with Gasteiger partial charge < -0.3 is 15.0 Å². The molecule has 1 saturated heterocycles. The minimum Gasteiger partial charge on any atom is -0.455 e. The van der Waals surface area contributed by atoms with Crippen LogP contribution in [0.25, 0.3) is 0 Å². The van der Waals surface area contributed by atoms with Crippen LogP contribution in [-0.2, 0) is 19.1 Å². The van der Waals surface area contributed by atoms with Crippen LogP contribution in [-0.4, -0.2) is 35.9 Å². The molecule has 0 aliphatic carbocycles. The molecule has 0 aromatic heterocycles. The molecule has 2 amide bonds. The Morgan fingerprint density at radius 3 is 2.66 bits per heavy atom. The maximum Gasteiger partial charge on any atom is 0.311 e. The number of rotatable bonds is 6. The number of non-ortho nitro benzene ring substituents is 1. The standard InChI is InChI=1S/C19H16ClN3O6/c20-13-4-6-14(7-5-13)21-17(24)11-29-19(26)12-8-18(25)22(10-12)15-2-1-3-16(9-15)23(27)28/h1-7,9,12H,8,10-11H2,(H,21,24)/t12-/m1/s1. The Morgan fingerprint density at radius 2 is 1.97 bits per heavy atom. The number of amides is 2. The summed E-state index contributed by atoms with van der Waals surface area (Å²) in [7, 11) is 0. The van der Waals surface area contributed by atoms with E-state index in [9.17, 15) is 24.5 Å². The lowest BCUT2D eigenvalue weighted by Crippen LogP contribution is -2.28. The molecule has 1 heterocycles.